The molecule has 1 N–H and O–H groups in total. The number of fused-ring (bicyclic) bond motifs is 5. The van der Waals surface area contributed by atoms with Crippen molar-refractivity contribution < 1.29 is 9.53 Å². The first-order valence-corrected chi connectivity index (χ1v) is 11.7. The normalized spacial score (nSPS) is 20.1. The number of thioether (sulfide) groups is 1. The van der Waals surface area contributed by atoms with Crippen molar-refractivity contribution >= 4 is 40.3 Å². The fourth-order valence-corrected chi connectivity index (χ4v) is 5.69. The molecular weight excluding hydrogens is 446 g/mol. The van der Waals surface area contributed by atoms with Gasteiger partial charge in [-0.05, 0) is 31.2 Å². The summed E-state index contributed by atoms with van der Waals surface area (Å²) >= 11 is 1.40. The average Bonchev–Trinajstić information content (AvgIpc) is 3.52. The summed E-state index contributed by atoms with van der Waals surface area (Å²) in [6.45, 7) is 2.01. The summed E-state index contributed by atoms with van der Waals surface area (Å²) in [6, 6.07) is 21.7. The van der Waals surface area contributed by atoms with E-state index < -0.39 is 4.87 Å². The molecule has 0 fully saturated rings. The maximum absolute atomic E-state index is 13.3. The second-order valence-corrected chi connectivity index (χ2v) is 9.40. The molecule has 3 aliphatic heterocycles. The minimum Gasteiger partial charge on any atom is -0.418 e. The topological polar surface area (TPSA) is 79.7 Å². The summed E-state index contributed by atoms with van der Waals surface area (Å²) in [5.41, 5.74) is 5.80. The van der Waals surface area contributed by atoms with Crippen molar-refractivity contribution in [1.82, 2.24) is 15.0 Å². The Bertz CT molecular complexity index is 1580. The lowest BCUT2D eigenvalue weighted by molar-refractivity contribution is -0.121. The highest BCUT2D eigenvalue weighted by Gasteiger charge is 2.59. The van der Waals surface area contributed by atoms with Crippen LogP contribution in [0, 0.1) is 6.92 Å². The number of amides is 1. The van der Waals surface area contributed by atoms with E-state index in [1.54, 1.807) is 11.2 Å². The maximum atomic E-state index is 13.3. The SMILES string of the molecule is Cc1ccc2c(c1)C1(SC=C3OC(c4cc5cccnc5nc4-c4ccccc4)=NN31)C(=O)N2. The predicted octanol–water partition coefficient (Wildman–Crippen LogP) is 4.95. The van der Waals surface area contributed by atoms with Crippen molar-refractivity contribution in [3.63, 3.8) is 0 Å². The zero-order valence-electron chi connectivity index (χ0n) is 18.0. The molecule has 0 radical (unpaired) electrons. The van der Waals surface area contributed by atoms with Crippen LogP contribution in [0.15, 0.2) is 89.3 Å². The van der Waals surface area contributed by atoms with Crippen molar-refractivity contribution in [2.75, 3.05) is 5.32 Å². The van der Waals surface area contributed by atoms with Gasteiger partial charge in [0, 0.05) is 33.8 Å². The van der Waals surface area contributed by atoms with Crippen LogP contribution >= 0.6 is 11.8 Å². The smallest absolute Gasteiger partial charge is 0.268 e. The van der Waals surface area contributed by atoms with E-state index in [-0.39, 0.29) is 5.91 Å². The van der Waals surface area contributed by atoms with Crippen molar-refractivity contribution in [2.45, 2.75) is 11.8 Å². The molecule has 7 rings (SSSR count). The van der Waals surface area contributed by atoms with E-state index in [4.69, 9.17) is 14.8 Å². The Morgan fingerprint density at radius 1 is 1.06 bits per heavy atom. The molecule has 1 amide bonds. The molecule has 0 saturated heterocycles. The number of hydrogen-bond donors (Lipinski definition) is 1. The summed E-state index contributed by atoms with van der Waals surface area (Å²) < 4.78 is 6.24. The first-order chi connectivity index (χ1) is 16.6. The van der Waals surface area contributed by atoms with E-state index in [1.807, 2.05) is 79.1 Å². The second-order valence-electron chi connectivity index (χ2n) is 8.34. The van der Waals surface area contributed by atoms with Gasteiger partial charge in [0.1, 0.15) is 0 Å². The highest BCUT2D eigenvalue weighted by molar-refractivity contribution is 8.04. The summed E-state index contributed by atoms with van der Waals surface area (Å²) in [5.74, 6) is 0.786. The largest absolute Gasteiger partial charge is 0.418 e. The Morgan fingerprint density at radius 3 is 2.82 bits per heavy atom. The van der Waals surface area contributed by atoms with Crippen LogP contribution in [0.1, 0.15) is 16.7 Å². The van der Waals surface area contributed by atoms with Gasteiger partial charge in [0.25, 0.3) is 5.91 Å². The third kappa shape index (κ3) is 2.60. The van der Waals surface area contributed by atoms with E-state index in [1.165, 1.54) is 11.8 Å². The van der Waals surface area contributed by atoms with Crippen LogP contribution in [0.4, 0.5) is 5.69 Å². The molecule has 3 aliphatic rings. The van der Waals surface area contributed by atoms with Gasteiger partial charge in [0.15, 0.2) is 5.65 Å². The van der Waals surface area contributed by atoms with Crippen molar-refractivity contribution in [3.05, 3.63) is 101 Å². The highest BCUT2D eigenvalue weighted by atomic mass is 32.2. The van der Waals surface area contributed by atoms with Gasteiger partial charge in [-0.3, -0.25) is 4.79 Å². The number of aryl methyl sites for hydroxylation is 1. The molecule has 8 heteroatoms. The average molecular weight is 464 g/mol. The molecule has 0 saturated carbocycles. The number of pyridine rings is 2. The first kappa shape index (κ1) is 19.3. The lowest BCUT2D eigenvalue weighted by Gasteiger charge is -2.27. The number of hydrazone groups is 1. The van der Waals surface area contributed by atoms with Crippen molar-refractivity contribution in [2.24, 2.45) is 5.10 Å². The molecular formula is C26H17N5O2S. The number of benzene rings is 2. The molecule has 4 aromatic rings. The summed E-state index contributed by atoms with van der Waals surface area (Å²) in [4.78, 5) is 21.5. The van der Waals surface area contributed by atoms with Gasteiger partial charge >= 0.3 is 0 Å². The number of ether oxygens (including phenoxy) is 1. The molecule has 5 heterocycles. The van der Waals surface area contributed by atoms with Gasteiger partial charge in [-0.15, -0.1) is 5.10 Å². The number of rotatable bonds is 2. The molecule has 0 aliphatic carbocycles. The van der Waals surface area contributed by atoms with Crippen LogP contribution in [0.2, 0.25) is 0 Å². The van der Waals surface area contributed by atoms with Gasteiger partial charge in [0.2, 0.25) is 16.7 Å². The quantitative estimate of drug-likeness (QED) is 0.453. The summed E-state index contributed by atoms with van der Waals surface area (Å²) in [6.07, 6.45) is 1.73. The fourth-order valence-electron chi connectivity index (χ4n) is 4.59. The van der Waals surface area contributed by atoms with Gasteiger partial charge in [-0.2, -0.15) is 5.01 Å². The maximum Gasteiger partial charge on any atom is 0.268 e. The van der Waals surface area contributed by atoms with E-state index in [9.17, 15) is 4.79 Å². The molecule has 1 atom stereocenters. The van der Waals surface area contributed by atoms with Crippen molar-refractivity contribution in [3.8, 4) is 11.3 Å². The number of anilines is 1. The standard InChI is InChI=1S/C26H17N5O2S/c1-15-9-10-20-19(12-15)26(25(32)28-20)31-21(14-34-26)33-24(30-31)18-13-17-8-5-11-27-23(17)29-22(18)16-6-3-2-4-7-16/h2-14H,1H3,(H,28,32). The van der Waals surface area contributed by atoms with Crippen LogP contribution in [0.25, 0.3) is 22.3 Å². The summed E-state index contributed by atoms with van der Waals surface area (Å²) in [5, 5.41) is 12.3. The molecule has 34 heavy (non-hydrogen) atoms. The van der Waals surface area contributed by atoms with Crippen LogP contribution in [-0.2, 0) is 14.4 Å². The van der Waals surface area contributed by atoms with Crippen LogP contribution < -0.4 is 5.32 Å². The molecule has 1 spiro atoms. The lowest BCUT2D eigenvalue weighted by atomic mass is 10.0. The molecule has 1 unspecified atom stereocenters. The Hall–Kier alpha value is -4.17. The van der Waals surface area contributed by atoms with E-state index in [2.05, 4.69) is 10.3 Å². The Morgan fingerprint density at radius 2 is 1.94 bits per heavy atom. The molecule has 0 bridgehead atoms. The highest BCUT2D eigenvalue weighted by Crippen LogP contribution is 2.56. The minimum atomic E-state index is -1.03. The van der Waals surface area contributed by atoms with Crippen molar-refractivity contribution in [1.29, 1.82) is 0 Å². The van der Waals surface area contributed by atoms with Gasteiger partial charge in [0.05, 0.1) is 11.3 Å². The third-order valence-electron chi connectivity index (χ3n) is 6.19. The molecule has 2 aromatic carbocycles. The molecule has 7 nitrogen and oxygen atoms in total. The van der Waals surface area contributed by atoms with Crippen LogP contribution in [0.5, 0.6) is 0 Å². The minimum absolute atomic E-state index is 0.137. The Kier molecular flexibility index (Phi) is 3.93. The van der Waals surface area contributed by atoms with E-state index in [0.717, 1.165) is 39.0 Å². The van der Waals surface area contributed by atoms with Gasteiger partial charge in [-0.25, -0.2) is 9.97 Å². The Labute approximate surface area is 199 Å². The number of carbonyl (C=O) groups is 1. The second kappa shape index (κ2) is 6.91. The lowest BCUT2D eigenvalue weighted by Crippen LogP contribution is -2.41. The summed E-state index contributed by atoms with van der Waals surface area (Å²) in [7, 11) is 0. The number of nitrogens with one attached hydrogen (secondary N) is 1. The van der Waals surface area contributed by atoms with E-state index in [0.29, 0.717) is 17.4 Å². The fraction of sp³-hybridized carbons (Fsp3) is 0.0769. The van der Waals surface area contributed by atoms with Gasteiger partial charge < -0.3 is 10.1 Å². The van der Waals surface area contributed by atoms with Crippen LogP contribution in [0.3, 0.4) is 0 Å². The molecule has 2 aromatic heterocycles. The number of hydrogen-bond acceptors (Lipinski definition) is 7. The number of aromatic nitrogens is 2. The first-order valence-electron chi connectivity index (χ1n) is 10.8. The number of nitrogens with zero attached hydrogens (tertiary/aromatic N) is 4. The van der Waals surface area contributed by atoms with Gasteiger partial charge in [-0.1, -0.05) is 59.8 Å². The third-order valence-corrected chi connectivity index (χ3v) is 7.43. The predicted molar refractivity (Wildman–Crippen MR) is 132 cm³/mol. The van der Waals surface area contributed by atoms with Crippen LogP contribution in [-0.4, -0.2) is 26.8 Å². The molecule has 164 valence electrons. The van der Waals surface area contributed by atoms with E-state index >= 15 is 0 Å². The number of carbonyl (C=O) groups excluding carboxylic acids is 1. The monoisotopic (exact) mass is 463 g/mol. The Balaban J connectivity index is 1.41. The zero-order chi connectivity index (χ0) is 22.9. The zero-order valence-corrected chi connectivity index (χ0v) is 18.8.